The predicted molar refractivity (Wildman–Crippen MR) is 87.2 cm³/mol. The number of ether oxygens (including phenoxy) is 3. The predicted octanol–water partition coefficient (Wildman–Crippen LogP) is 4.98. The van der Waals surface area contributed by atoms with E-state index in [9.17, 15) is 13.2 Å². The maximum absolute atomic E-state index is 12.3. The molecule has 0 unspecified atom stereocenters. The van der Waals surface area contributed by atoms with E-state index in [4.69, 9.17) is 43.8 Å². The Morgan fingerprint density at radius 1 is 1.04 bits per heavy atom. The number of amidine groups is 1. The molecule has 0 bridgehead atoms. The van der Waals surface area contributed by atoms with Crippen LogP contribution >= 0.6 is 23.2 Å². The molecule has 0 heterocycles. The van der Waals surface area contributed by atoms with Crippen LogP contribution in [0.3, 0.4) is 0 Å². The quantitative estimate of drug-likeness (QED) is 0.553. The number of nitrogens with one attached hydrogen (secondary N) is 1. The molecule has 2 rings (SSSR count). The van der Waals surface area contributed by atoms with Crippen molar-refractivity contribution in [3.63, 3.8) is 0 Å². The third-order valence-electron chi connectivity index (χ3n) is 2.90. The van der Waals surface area contributed by atoms with E-state index in [1.807, 2.05) is 0 Å². The zero-order valence-corrected chi connectivity index (χ0v) is 14.1. The summed E-state index contributed by atoms with van der Waals surface area (Å²) in [6.45, 7) is 0. The van der Waals surface area contributed by atoms with E-state index in [2.05, 4.69) is 4.74 Å². The van der Waals surface area contributed by atoms with Crippen LogP contribution in [0.2, 0.25) is 10.0 Å². The van der Waals surface area contributed by atoms with Crippen LogP contribution in [0.25, 0.3) is 0 Å². The van der Waals surface area contributed by atoms with E-state index in [-0.39, 0.29) is 38.7 Å². The highest BCUT2D eigenvalue weighted by Crippen LogP contribution is 2.39. The molecule has 0 spiro atoms. The maximum Gasteiger partial charge on any atom is 0.573 e. The lowest BCUT2D eigenvalue weighted by molar-refractivity contribution is -0.274. The van der Waals surface area contributed by atoms with Gasteiger partial charge in [-0.1, -0.05) is 23.2 Å². The molecule has 25 heavy (non-hydrogen) atoms. The largest absolute Gasteiger partial charge is 0.573 e. The van der Waals surface area contributed by atoms with Gasteiger partial charge < -0.3 is 19.9 Å². The lowest BCUT2D eigenvalue weighted by atomic mass is 10.2. The number of halogens is 5. The van der Waals surface area contributed by atoms with Crippen LogP contribution in [0.1, 0.15) is 5.56 Å². The Labute approximate surface area is 150 Å². The molecular weight excluding hydrogens is 384 g/mol. The van der Waals surface area contributed by atoms with Gasteiger partial charge in [-0.2, -0.15) is 0 Å². The van der Waals surface area contributed by atoms with Crippen LogP contribution in [0, 0.1) is 5.41 Å². The van der Waals surface area contributed by atoms with Gasteiger partial charge in [0, 0.05) is 12.1 Å². The fourth-order valence-electron chi connectivity index (χ4n) is 1.87. The zero-order valence-electron chi connectivity index (χ0n) is 12.6. The van der Waals surface area contributed by atoms with Gasteiger partial charge in [0.25, 0.3) is 0 Å². The number of nitrogen functional groups attached to an aromatic ring is 1. The normalized spacial score (nSPS) is 11.1. The number of nitrogens with two attached hydrogens (primary N) is 1. The van der Waals surface area contributed by atoms with Crippen molar-refractivity contribution < 1.29 is 27.4 Å². The highest BCUT2D eigenvalue weighted by molar-refractivity contribution is 6.42. The molecule has 134 valence electrons. The average molecular weight is 395 g/mol. The topological polar surface area (TPSA) is 77.6 Å². The van der Waals surface area contributed by atoms with Gasteiger partial charge in [-0.15, -0.1) is 13.2 Å². The summed E-state index contributed by atoms with van der Waals surface area (Å²) in [5.74, 6) is -0.674. The van der Waals surface area contributed by atoms with E-state index in [1.165, 1.54) is 25.3 Å². The summed E-state index contributed by atoms with van der Waals surface area (Å²) in [7, 11) is 1.25. The summed E-state index contributed by atoms with van der Waals surface area (Å²) in [6.07, 6.45) is -4.83. The number of hydrogen-bond donors (Lipinski definition) is 2. The van der Waals surface area contributed by atoms with Crippen molar-refractivity contribution in [3.05, 3.63) is 45.9 Å². The Hall–Kier alpha value is -2.32. The van der Waals surface area contributed by atoms with Gasteiger partial charge in [0.05, 0.1) is 22.7 Å². The average Bonchev–Trinajstić information content (AvgIpc) is 2.50. The van der Waals surface area contributed by atoms with Crippen molar-refractivity contribution in [2.75, 3.05) is 7.11 Å². The Bertz CT molecular complexity index is 813. The molecule has 0 aliphatic carbocycles. The van der Waals surface area contributed by atoms with Gasteiger partial charge in [0.2, 0.25) is 0 Å². The Morgan fingerprint density at radius 2 is 1.68 bits per heavy atom. The second-order valence-electron chi connectivity index (χ2n) is 4.64. The summed E-state index contributed by atoms with van der Waals surface area (Å²) < 4.78 is 51.3. The van der Waals surface area contributed by atoms with Gasteiger partial charge in [-0.25, -0.2) is 0 Å². The first kappa shape index (κ1) is 19.0. The number of rotatable bonds is 5. The fourth-order valence-corrected chi connectivity index (χ4v) is 2.19. The minimum Gasteiger partial charge on any atom is -0.493 e. The molecule has 0 atom stereocenters. The smallest absolute Gasteiger partial charge is 0.493 e. The standard InChI is InChI=1S/C15H11Cl2F3N2O3/c1-23-13-4-7(25-15(18,19)20)2-3-11(13)24-12-6-10(17)9(16)5-8(12)14(21)22/h2-6H,1H3,(H3,21,22). The van der Waals surface area contributed by atoms with Gasteiger partial charge >= 0.3 is 6.36 Å². The number of benzene rings is 2. The van der Waals surface area contributed by atoms with Crippen molar-refractivity contribution in [2.45, 2.75) is 6.36 Å². The first-order chi connectivity index (χ1) is 11.6. The lowest BCUT2D eigenvalue weighted by Crippen LogP contribution is -2.17. The van der Waals surface area contributed by atoms with E-state index >= 15 is 0 Å². The monoisotopic (exact) mass is 394 g/mol. The van der Waals surface area contributed by atoms with Crippen molar-refractivity contribution in [1.82, 2.24) is 0 Å². The van der Waals surface area contributed by atoms with Gasteiger partial charge in [-0.05, 0) is 18.2 Å². The molecular formula is C15H11Cl2F3N2O3. The molecule has 0 fully saturated rings. The molecule has 0 aliphatic rings. The third kappa shape index (κ3) is 4.83. The zero-order chi connectivity index (χ0) is 18.8. The van der Waals surface area contributed by atoms with Crippen LogP contribution in [-0.2, 0) is 0 Å². The minimum absolute atomic E-state index is 0.0256. The maximum atomic E-state index is 12.3. The summed E-state index contributed by atoms with van der Waals surface area (Å²) >= 11 is 11.8. The first-order valence-electron chi connectivity index (χ1n) is 6.56. The van der Waals surface area contributed by atoms with Crippen LogP contribution < -0.4 is 19.9 Å². The van der Waals surface area contributed by atoms with Crippen molar-refractivity contribution in [2.24, 2.45) is 5.73 Å². The molecule has 10 heteroatoms. The molecule has 0 aliphatic heterocycles. The molecule has 0 radical (unpaired) electrons. The molecule has 3 N–H and O–H groups in total. The summed E-state index contributed by atoms with van der Waals surface area (Å²) in [5, 5.41) is 7.88. The molecule has 0 saturated carbocycles. The van der Waals surface area contributed by atoms with E-state index in [0.717, 1.165) is 12.1 Å². The van der Waals surface area contributed by atoms with Crippen LogP contribution in [0.4, 0.5) is 13.2 Å². The van der Waals surface area contributed by atoms with Crippen molar-refractivity contribution >= 4 is 29.0 Å². The van der Waals surface area contributed by atoms with Gasteiger partial charge in [0.15, 0.2) is 11.5 Å². The Kier molecular flexibility index (Phi) is 5.54. The third-order valence-corrected chi connectivity index (χ3v) is 3.62. The SMILES string of the molecule is COc1cc(OC(F)(F)F)ccc1Oc1cc(Cl)c(Cl)cc1C(=N)N. The Morgan fingerprint density at radius 3 is 2.24 bits per heavy atom. The second-order valence-corrected chi connectivity index (χ2v) is 5.45. The van der Waals surface area contributed by atoms with Crippen molar-refractivity contribution in [1.29, 1.82) is 5.41 Å². The molecule has 2 aromatic rings. The molecule has 0 aromatic heterocycles. The van der Waals surface area contributed by atoms with Crippen LogP contribution in [-0.4, -0.2) is 19.3 Å². The molecule has 0 amide bonds. The van der Waals surface area contributed by atoms with Crippen LogP contribution in [0.5, 0.6) is 23.0 Å². The number of hydrogen-bond acceptors (Lipinski definition) is 4. The van der Waals surface area contributed by atoms with E-state index in [1.54, 1.807) is 0 Å². The second kappa shape index (κ2) is 7.28. The lowest BCUT2D eigenvalue weighted by Gasteiger charge is -2.15. The fraction of sp³-hybridized carbons (Fsp3) is 0.133. The summed E-state index contributed by atoms with van der Waals surface area (Å²) in [5.41, 5.74) is 5.64. The number of alkyl halides is 3. The highest BCUT2D eigenvalue weighted by Gasteiger charge is 2.31. The number of methoxy groups -OCH3 is 1. The molecule has 2 aromatic carbocycles. The highest BCUT2D eigenvalue weighted by atomic mass is 35.5. The van der Waals surface area contributed by atoms with Gasteiger partial charge in [0.1, 0.15) is 17.3 Å². The summed E-state index contributed by atoms with van der Waals surface area (Å²) in [4.78, 5) is 0. The van der Waals surface area contributed by atoms with E-state index < -0.39 is 12.1 Å². The Balaban J connectivity index is 2.40. The first-order valence-corrected chi connectivity index (χ1v) is 7.31. The van der Waals surface area contributed by atoms with Crippen LogP contribution in [0.15, 0.2) is 30.3 Å². The minimum atomic E-state index is -4.83. The van der Waals surface area contributed by atoms with Crippen molar-refractivity contribution in [3.8, 4) is 23.0 Å². The van der Waals surface area contributed by atoms with E-state index in [0.29, 0.717) is 0 Å². The molecule has 5 nitrogen and oxygen atoms in total. The summed E-state index contributed by atoms with van der Waals surface area (Å²) in [6, 6.07) is 5.95. The van der Waals surface area contributed by atoms with Gasteiger partial charge in [-0.3, -0.25) is 5.41 Å². The molecule has 0 saturated heterocycles.